The molecule has 0 bridgehead atoms. The van der Waals surface area contributed by atoms with Crippen molar-refractivity contribution in [2.24, 2.45) is 0 Å². The average Bonchev–Trinajstić information content (AvgIpc) is 3.09. The second-order valence-electron chi connectivity index (χ2n) is 7.59. The summed E-state index contributed by atoms with van der Waals surface area (Å²) in [5.74, 6) is 0.553. The lowest BCUT2D eigenvalue weighted by atomic mass is 9.95. The van der Waals surface area contributed by atoms with E-state index in [9.17, 15) is 14.9 Å². The Balaban J connectivity index is 1.73. The molecule has 31 heavy (non-hydrogen) atoms. The number of rotatable bonds is 6. The van der Waals surface area contributed by atoms with Crippen LogP contribution in [-0.4, -0.2) is 37.2 Å². The molecule has 7 nitrogen and oxygen atoms in total. The number of nitriles is 1. The van der Waals surface area contributed by atoms with Crippen LogP contribution in [0.2, 0.25) is 0 Å². The zero-order valence-electron chi connectivity index (χ0n) is 18.3. The second kappa shape index (κ2) is 9.84. The number of nitrogens with zero attached hydrogens (tertiary/aromatic N) is 2. The van der Waals surface area contributed by atoms with E-state index in [0.717, 1.165) is 27.3 Å². The molecule has 0 aliphatic carbocycles. The fraction of sp³-hybridized carbons (Fsp3) is 0.435. The van der Waals surface area contributed by atoms with Gasteiger partial charge in [0.2, 0.25) is 5.91 Å². The van der Waals surface area contributed by atoms with E-state index in [-0.39, 0.29) is 24.3 Å². The van der Waals surface area contributed by atoms with Crippen LogP contribution in [0.1, 0.15) is 53.3 Å². The van der Waals surface area contributed by atoms with E-state index in [0.29, 0.717) is 36.7 Å². The Bertz CT molecular complexity index is 1020. The van der Waals surface area contributed by atoms with Crippen molar-refractivity contribution in [3.05, 3.63) is 45.3 Å². The zero-order chi connectivity index (χ0) is 22.5. The third-order valence-electron chi connectivity index (χ3n) is 5.36. The van der Waals surface area contributed by atoms with Gasteiger partial charge in [-0.05, 0) is 43.4 Å². The number of hydrogen-bond acceptors (Lipinski definition) is 6. The van der Waals surface area contributed by atoms with Gasteiger partial charge >= 0.3 is 6.09 Å². The maximum atomic E-state index is 12.8. The molecule has 0 fully saturated rings. The van der Waals surface area contributed by atoms with Crippen molar-refractivity contribution < 1.29 is 19.1 Å². The minimum atomic E-state index is -0.355. The maximum Gasteiger partial charge on any atom is 0.410 e. The first kappa shape index (κ1) is 22.6. The molecule has 1 N–H and O–H groups in total. The number of fused-ring (bicyclic) bond motifs is 1. The molecule has 2 heterocycles. The monoisotopic (exact) mass is 441 g/mol. The summed E-state index contributed by atoms with van der Waals surface area (Å²) >= 11 is 1.36. The number of thiophene rings is 1. The third-order valence-corrected chi connectivity index (χ3v) is 6.49. The molecule has 2 amide bonds. The van der Waals surface area contributed by atoms with Crippen LogP contribution in [0.25, 0.3) is 0 Å². The molecular weight excluding hydrogens is 414 g/mol. The Morgan fingerprint density at radius 2 is 2.16 bits per heavy atom. The van der Waals surface area contributed by atoms with E-state index in [1.807, 2.05) is 32.0 Å². The molecule has 1 aromatic heterocycles. The summed E-state index contributed by atoms with van der Waals surface area (Å²) in [6, 6.07) is 8.15. The molecule has 3 rings (SSSR count). The lowest BCUT2D eigenvalue weighted by molar-refractivity contribution is -0.116. The third kappa shape index (κ3) is 5.00. The van der Waals surface area contributed by atoms with Crippen molar-refractivity contribution in [3.63, 3.8) is 0 Å². The van der Waals surface area contributed by atoms with Gasteiger partial charge in [0.1, 0.15) is 16.8 Å². The number of nitrogens with one attached hydrogen (secondary N) is 1. The number of methoxy groups -OCH3 is 1. The lowest BCUT2D eigenvalue weighted by Crippen LogP contribution is -2.35. The average molecular weight is 442 g/mol. The van der Waals surface area contributed by atoms with Crippen LogP contribution < -0.4 is 10.1 Å². The van der Waals surface area contributed by atoms with Gasteiger partial charge in [0.05, 0.1) is 25.8 Å². The van der Waals surface area contributed by atoms with Crippen molar-refractivity contribution >= 4 is 28.3 Å². The van der Waals surface area contributed by atoms with Gasteiger partial charge in [-0.3, -0.25) is 4.79 Å². The zero-order valence-corrected chi connectivity index (χ0v) is 19.1. The van der Waals surface area contributed by atoms with Gasteiger partial charge in [-0.15, -0.1) is 11.3 Å². The first-order chi connectivity index (χ1) is 14.9. The molecule has 1 unspecified atom stereocenters. The highest BCUT2D eigenvalue weighted by Gasteiger charge is 2.28. The van der Waals surface area contributed by atoms with Crippen LogP contribution in [0.15, 0.2) is 18.2 Å². The highest BCUT2D eigenvalue weighted by Crippen LogP contribution is 2.37. The first-order valence-electron chi connectivity index (χ1n) is 10.3. The number of carbonyl (C=O) groups is 2. The standard InChI is InChI=1S/C23H27N3O4S/c1-5-30-23(28)26-9-8-16-18(12-24)22(31-20(16)13-26)25-21(27)11-15(3)17-10-14(2)6-7-19(17)29-4/h6-7,10,15H,5,8-9,11,13H2,1-4H3,(H,25,27). The van der Waals surface area contributed by atoms with Crippen molar-refractivity contribution in [2.75, 3.05) is 25.6 Å². The van der Waals surface area contributed by atoms with E-state index in [4.69, 9.17) is 9.47 Å². The predicted octanol–water partition coefficient (Wildman–Crippen LogP) is 4.58. The SMILES string of the molecule is CCOC(=O)N1CCc2c(sc(NC(=O)CC(C)c3cc(C)ccc3OC)c2C#N)C1. The molecule has 0 saturated heterocycles. The lowest BCUT2D eigenvalue weighted by Gasteiger charge is -2.25. The van der Waals surface area contributed by atoms with Gasteiger partial charge in [0, 0.05) is 17.8 Å². The Kier molecular flexibility index (Phi) is 7.18. The second-order valence-corrected chi connectivity index (χ2v) is 8.69. The molecule has 0 spiro atoms. The minimum absolute atomic E-state index is 0.0470. The van der Waals surface area contributed by atoms with Crippen molar-refractivity contribution in [2.45, 2.75) is 46.1 Å². The number of anilines is 1. The summed E-state index contributed by atoms with van der Waals surface area (Å²) < 4.78 is 10.5. The quantitative estimate of drug-likeness (QED) is 0.708. The number of hydrogen-bond donors (Lipinski definition) is 1. The van der Waals surface area contributed by atoms with Crippen LogP contribution in [0.4, 0.5) is 9.80 Å². The predicted molar refractivity (Wildman–Crippen MR) is 120 cm³/mol. The topological polar surface area (TPSA) is 91.7 Å². The number of ether oxygens (including phenoxy) is 2. The van der Waals surface area contributed by atoms with Crippen molar-refractivity contribution in [1.29, 1.82) is 5.26 Å². The molecular formula is C23H27N3O4S. The number of benzene rings is 1. The van der Waals surface area contributed by atoms with E-state index in [2.05, 4.69) is 11.4 Å². The van der Waals surface area contributed by atoms with Gasteiger partial charge in [-0.25, -0.2) is 4.79 Å². The van der Waals surface area contributed by atoms with Crippen LogP contribution in [0, 0.1) is 18.3 Å². The van der Waals surface area contributed by atoms with Gasteiger partial charge in [0.15, 0.2) is 0 Å². The Hall–Kier alpha value is -3.05. The molecule has 1 aliphatic rings. The van der Waals surface area contributed by atoms with Crippen LogP contribution >= 0.6 is 11.3 Å². The van der Waals surface area contributed by atoms with Crippen LogP contribution in [-0.2, 0) is 22.5 Å². The van der Waals surface area contributed by atoms with E-state index < -0.39 is 0 Å². The Labute approximate surface area is 186 Å². The molecule has 0 saturated carbocycles. The fourth-order valence-corrected chi connectivity index (χ4v) is 5.01. The molecule has 2 aromatic rings. The summed E-state index contributed by atoms with van der Waals surface area (Å²) in [5, 5.41) is 13.1. The highest BCUT2D eigenvalue weighted by atomic mass is 32.1. The van der Waals surface area contributed by atoms with E-state index in [1.165, 1.54) is 11.3 Å². The largest absolute Gasteiger partial charge is 0.496 e. The Morgan fingerprint density at radius 3 is 2.84 bits per heavy atom. The molecule has 1 aromatic carbocycles. The minimum Gasteiger partial charge on any atom is -0.496 e. The van der Waals surface area contributed by atoms with Gasteiger partial charge in [0.25, 0.3) is 0 Å². The first-order valence-corrected chi connectivity index (χ1v) is 11.1. The Morgan fingerprint density at radius 1 is 1.39 bits per heavy atom. The highest BCUT2D eigenvalue weighted by molar-refractivity contribution is 7.16. The fourth-order valence-electron chi connectivity index (χ4n) is 3.79. The van der Waals surface area contributed by atoms with Crippen molar-refractivity contribution in [3.8, 4) is 11.8 Å². The molecule has 8 heteroatoms. The maximum absolute atomic E-state index is 12.8. The van der Waals surface area contributed by atoms with E-state index >= 15 is 0 Å². The summed E-state index contributed by atoms with van der Waals surface area (Å²) in [7, 11) is 1.62. The summed E-state index contributed by atoms with van der Waals surface area (Å²) in [5.41, 5.74) is 3.50. The number of amides is 2. The summed E-state index contributed by atoms with van der Waals surface area (Å²) in [4.78, 5) is 27.4. The molecule has 0 radical (unpaired) electrons. The summed E-state index contributed by atoms with van der Waals surface area (Å²) in [6.07, 6.45) is 0.481. The summed E-state index contributed by atoms with van der Waals surface area (Å²) in [6.45, 7) is 6.97. The van der Waals surface area contributed by atoms with Gasteiger partial charge in [-0.1, -0.05) is 24.6 Å². The molecule has 1 atom stereocenters. The van der Waals surface area contributed by atoms with Crippen molar-refractivity contribution in [1.82, 2.24) is 4.90 Å². The number of aryl methyl sites for hydroxylation is 1. The van der Waals surface area contributed by atoms with Gasteiger partial charge in [-0.2, -0.15) is 5.26 Å². The normalized spacial score (nSPS) is 13.7. The smallest absolute Gasteiger partial charge is 0.410 e. The number of carbonyl (C=O) groups excluding carboxylic acids is 2. The van der Waals surface area contributed by atoms with Crippen LogP contribution in [0.5, 0.6) is 5.75 Å². The molecule has 1 aliphatic heterocycles. The van der Waals surface area contributed by atoms with Gasteiger partial charge < -0.3 is 19.7 Å². The van der Waals surface area contributed by atoms with E-state index in [1.54, 1.807) is 18.9 Å². The molecule has 164 valence electrons. The van der Waals surface area contributed by atoms with Crippen LogP contribution in [0.3, 0.4) is 0 Å².